The summed E-state index contributed by atoms with van der Waals surface area (Å²) in [7, 11) is 0. The Morgan fingerprint density at radius 3 is 2.72 bits per heavy atom. The van der Waals surface area contributed by atoms with Gasteiger partial charge >= 0.3 is 0 Å². The third-order valence-corrected chi connectivity index (χ3v) is 5.05. The molecule has 0 saturated heterocycles. The summed E-state index contributed by atoms with van der Waals surface area (Å²) in [6.07, 6.45) is 6.27. The summed E-state index contributed by atoms with van der Waals surface area (Å²) in [5.41, 5.74) is 4.87. The van der Waals surface area contributed by atoms with Crippen LogP contribution in [0.5, 0.6) is 0 Å². The molecular formula is C24H24N4O. The first-order valence-corrected chi connectivity index (χ1v) is 9.80. The molecule has 2 aromatic carbocycles. The van der Waals surface area contributed by atoms with Gasteiger partial charge in [-0.25, -0.2) is 0 Å². The van der Waals surface area contributed by atoms with Crippen molar-refractivity contribution < 1.29 is 4.79 Å². The number of aromatic amines is 1. The molecule has 0 bridgehead atoms. The normalized spacial score (nSPS) is 11.9. The number of fused-ring (bicyclic) bond motifs is 1. The molecule has 2 aromatic heterocycles. The van der Waals surface area contributed by atoms with E-state index in [4.69, 9.17) is 0 Å². The SMILES string of the molecule is CC(NC(=O)c1cncc(NCCc2c[nH]c3ccccc23)c1)c1ccccc1. The highest BCUT2D eigenvalue weighted by Gasteiger charge is 2.12. The maximum atomic E-state index is 12.6. The van der Waals surface area contributed by atoms with E-state index in [-0.39, 0.29) is 11.9 Å². The Morgan fingerprint density at radius 2 is 1.86 bits per heavy atom. The molecule has 29 heavy (non-hydrogen) atoms. The smallest absolute Gasteiger partial charge is 0.253 e. The molecule has 0 radical (unpaired) electrons. The van der Waals surface area contributed by atoms with Crippen molar-refractivity contribution in [2.45, 2.75) is 19.4 Å². The first-order valence-electron chi connectivity index (χ1n) is 9.80. The van der Waals surface area contributed by atoms with Crippen molar-refractivity contribution in [3.63, 3.8) is 0 Å². The maximum absolute atomic E-state index is 12.6. The predicted octanol–water partition coefficient (Wildman–Crippen LogP) is 4.71. The van der Waals surface area contributed by atoms with E-state index >= 15 is 0 Å². The fourth-order valence-corrected chi connectivity index (χ4v) is 3.45. The fourth-order valence-electron chi connectivity index (χ4n) is 3.45. The zero-order valence-corrected chi connectivity index (χ0v) is 16.4. The van der Waals surface area contributed by atoms with Crippen LogP contribution in [0, 0.1) is 0 Å². The van der Waals surface area contributed by atoms with Crippen LogP contribution in [-0.4, -0.2) is 22.4 Å². The van der Waals surface area contributed by atoms with Crippen LogP contribution < -0.4 is 10.6 Å². The minimum atomic E-state index is -0.130. The number of carbonyl (C=O) groups excluding carboxylic acids is 1. The number of rotatable bonds is 7. The van der Waals surface area contributed by atoms with Crippen LogP contribution in [0.15, 0.2) is 79.3 Å². The Labute approximate surface area is 170 Å². The molecule has 0 aliphatic carbocycles. The lowest BCUT2D eigenvalue weighted by Crippen LogP contribution is -2.26. The molecule has 3 N–H and O–H groups in total. The second-order valence-corrected chi connectivity index (χ2v) is 7.10. The summed E-state index contributed by atoms with van der Waals surface area (Å²) < 4.78 is 0. The number of H-pyrrole nitrogens is 1. The molecule has 0 fully saturated rings. The Balaban J connectivity index is 1.36. The zero-order valence-electron chi connectivity index (χ0n) is 16.4. The number of pyridine rings is 1. The van der Waals surface area contributed by atoms with Gasteiger partial charge in [-0.2, -0.15) is 0 Å². The number of nitrogens with zero attached hydrogens (tertiary/aromatic N) is 1. The van der Waals surface area contributed by atoms with Gasteiger partial charge < -0.3 is 15.6 Å². The van der Waals surface area contributed by atoms with E-state index in [1.807, 2.05) is 49.4 Å². The van der Waals surface area contributed by atoms with Crippen molar-refractivity contribution in [3.05, 3.63) is 95.9 Å². The van der Waals surface area contributed by atoms with E-state index in [0.717, 1.165) is 29.7 Å². The van der Waals surface area contributed by atoms with Crippen molar-refractivity contribution >= 4 is 22.5 Å². The molecule has 0 saturated carbocycles. The van der Waals surface area contributed by atoms with E-state index < -0.39 is 0 Å². The van der Waals surface area contributed by atoms with Gasteiger partial charge in [0.05, 0.1) is 17.3 Å². The van der Waals surface area contributed by atoms with Gasteiger partial charge in [0.2, 0.25) is 0 Å². The van der Waals surface area contributed by atoms with E-state index in [0.29, 0.717) is 5.56 Å². The van der Waals surface area contributed by atoms with Crippen LogP contribution in [0.3, 0.4) is 0 Å². The minimum Gasteiger partial charge on any atom is -0.383 e. The highest BCUT2D eigenvalue weighted by molar-refractivity contribution is 5.95. The molecule has 2 heterocycles. The van der Waals surface area contributed by atoms with Gasteiger partial charge in [-0.1, -0.05) is 48.5 Å². The molecule has 5 nitrogen and oxygen atoms in total. The molecule has 0 spiro atoms. The number of aromatic nitrogens is 2. The Morgan fingerprint density at radius 1 is 1.07 bits per heavy atom. The first-order chi connectivity index (χ1) is 14.2. The lowest BCUT2D eigenvalue weighted by molar-refractivity contribution is 0.0939. The number of carbonyl (C=O) groups is 1. The lowest BCUT2D eigenvalue weighted by atomic mass is 10.1. The molecule has 1 unspecified atom stereocenters. The average molecular weight is 384 g/mol. The summed E-state index contributed by atoms with van der Waals surface area (Å²) in [6.45, 7) is 2.74. The Bertz CT molecular complexity index is 1100. The van der Waals surface area contributed by atoms with Crippen LogP contribution >= 0.6 is 0 Å². The largest absolute Gasteiger partial charge is 0.383 e. The number of amides is 1. The summed E-state index contributed by atoms with van der Waals surface area (Å²) in [6, 6.07) is 20.0. The highest BCUT2D eigenvalue weighted by atomic mass is 16.1. The van der Waals surface area contributed by atoms with Crippen molar-refractivity contribution in [2.75, 3.05) is 11.9 Å². The molecule has 0 aliphatic heterocycles. The molecule has 1 amide bonds. The molecule has 4 aromatic rings. The number of nitrogens with one attached hydrogen (secondary N) is 3. The second-order valence-electron chi connectivity index (χ2n) is 7.10. The minimum absolute atomic E-state index is 0.0674. The molecular weight excluding hydrogens is 360 g/mol. The van der Waals surface area contributed by atoms with Crippen molar-refractivity contribution in [2.24, 2.45) is 0 Å². The van der Waals surface area contributed by atoms with Crippen LogP contribution in [0.25, 0.3) is 10.9 Å². The predicted molar refractivity (Wildman–Crippen MR) is 117 cm³/mol. The maximum Gasteiger partial charge on any atom is 0.253 e. The number of hydrogen-bond acceptors (Lipinski definition) is 3. The van der Waals surface area contributed by atoms with E-state index in [9.17, 15) is 4.79 Å². The van der Waals surface area contributed by atoms with Gasteiger partial charge in [0.15, 0.2) is 0 Å². The van der Waals surface area contributed by atoms with Crippen molar-refractivity contribution in [1.82, 2.24) is 15.3 Å². The fraction of sp³-hybridized carbons (Fsp3) is 0.167. The van der Waals surface area contributed by atoms with Gasteiger partial charge in [-0.05, 0) is 36.6 Å². The van der Waals surface area contributed by atoms with Crippen LogP contribution in [0.1, 0.15) is 34.5 Å². The molecule has 1 atom stereocenters. The van der Waals surface area contributed by atoms with Gasteiger partial charge in [-0.15, -0.1) is 0 Å². The van der Waals surface area contributed by atoms with Gasteiger partial charge in [0.1, 0.15) is 0 Å². The van der Waals surface area contributed by atoms with Crippen LogP contribution in [0.4, 0.5) is 5.69 Å². The van der Waals surface area contributed by atoms with Gasteiger partial charge in [-0.3, -0.25) is 9.78 Å². The number of para-hydroxylation sites is 1. The molecule has 4 rings (SSSR count). The zero-order chi connectivity index (χ0) is 20.1. The Hall–Kier alpha value is -3.60. The van der Waals surface area contributed by atoms with E-state index in [2.05, 4.69) is 45.0 Å². The monoisotopic (exact) mass is 384 g/mol. The third-order valence-electron chi connectivity index (χ3n) is 5.05. The van der Waals surface area contributed by atoms with Crippen molar-refractivity contribution in [3.8, 4) is 0 Å². The van der Waals surface area contributed by atoms with E-state index in [1.54, 1.807) is 12.4 Å². The van der Waals surface area contributed by atoms with Crippen LogP contribution in [-0.2, 0) is 6.42 Å². The summed E-state index contributed by atoms with van der Waals surface area (Å²) in [5, 5.41) is 7.64. The van der Waals surface area contributed by atoms with Gasteiger partial charge in [0.25, 0.3) is 5.91 Å². The molecule has 146 valence electrons. The number of hydrogen-bond donors (Lipinski definition) is 3. The van der Waals surface area contributed by atoms with Crippen molar-refractivity contribution in [1.29, 1.82) is 0 Å². The molecule has 0 aliphatic rings. The first kappa shape index (κ1) is 18.7. The number of anilines is 1. The number of benzene rings is 2. The topological polar surface area (TPSA) is 69.8 Å². The summed E-state index contributed by atoms with van der Waals surface area (Å²) in [5.74, 6) is -0.130. The summed E-state index contributed by atoms with van der Waals surface area (Å²) in [4.78, 5) is 20.1. The Kier molecular flexibility index (Phi) is 5.56. The highest BCUT2D eigenvalue weighted by Crippen LogP contribution is 2.18. The van der Waals surface area contributed by atoms with E-state index in [1.165, 1.54) is 10.9 Å². The summed E-state index contributed by atoms with van der Waals surface area (Å²) >= 11 is 0. The quantitative estimate of drug-likeness (QED) is 0.432. The van der Waals surface area contributed by atoms with Crippen LogP contribution in [0.2, 0.25) is 0 Å². The molecule has 5 heteroatoms. The average Bonchev–Trinajstić information content (AvgIpc) is 3.18. The standard InChI is InChI=1S/C24H24N4O/c1-17(18-7-3-2-4-8-18)28-24(29)20-13-21(16-25-14-20)26-12-11-19-15-27-23-10-6-5-9-22(19)23/h2-10,13-17,26-27H,11-12H2,1H3,(H,28,29). The van der Waals surface area contributed by atoms with Gasteiger partial charge in [0, 0.05) is 36.0 Å². The lowest BCUT2D eigenvalue weighted by Gasteiger charge is -2.14. The second kappa shape index (κ2) is 8.61. The third kappa shape index (κ3) is 4.46.